The summed E-state index contributed by atoms with van der Waals surface area (Å²) in [6.45, 7) is 1.24. The van der Waals surface area contributed by atoms with Gasteiger partial charge in [0.15, 0.2) is 11.6 Å². The number of ether oxygens (including phenoxy) is 1. The average Bonchev–Trinajstić information content (AvgIpc) is 2.82. The van der Waals surface area contributed by atoms with E-state index in [1.165, 1.54) is 19.2 Å². The summed E-state index contributed by atoms with van der Waals surface area (Å²) in [6, 6.07) is 4.70. The minimum Gasteiger partial charge on any atom is -0.494 e. The molecule has 5 nitrogen and oxygen atoms in total. The molecule has 2 amide bonds. The van der Waals surface area contributed by atoms with Crippen LogP contribution in [0.1, 0.15) is 18.4 Å². The van der Waals surface area contributed by atoms with Gasteiger partial charge in [0.1, 0.15) is 0 Å². The highest BCUT2D eigenvalue weighted by Crippen LogP contribution is 2.31. The molecule has 2 fully saturated rings. The Kier molecular flexibility index (Phi) is 4.24. The highest BCUT2D eigenvalue weighted by molar-refractivity contribution is 5.81. The van der Waals surface area contributed by atoms with E-state index in [1.807, 2.05) is 0 Å². The second kappa shape index (κ2) is 6.18. The number of carbonyl (C=O) groups is 2. The molecule has 1 aromatic carbocycles. The van der Waals surface area contributed by atoms with Crippen LogP contribution in [-0.4, -0.2) is 54.9 Å². The van der Waals surface area contributed by atoms with E-state index in [0.717, 1.165) is 6.42 Å². The van der Waals surface area contributed by atoms with Crippen LogP contribution in [0.2, 0.25) is 0 Å². The van der Waals surface area contributed by atoms with Crippen LogP contribution in [0.5, 0.6) is 5.75 Å². The van der Waals surface area contributed by atoms with E-state index in [4.69, 9.17) is 4.74 Å². The van der Waals surface area contributed by atoms with Gasteiger partial charge in [0.25, 0.3) is 0 Å². The molecule has 2 saturated heterocycles. The fraction of sp³-hybridized carbons (Fsp3) is 0.529. The maximum atomic E-state index is 13.7. The Bertz CT molecular complexity index is 634. The molecule has 0 bridgehead atoms. The van der Waals surface area contributed by atoms with Crippen LogP contribution in [0.15, 0.2) is 18.2 Å². The molecule has 2 atom stereocenters. The number of hydrogen-bond acceptors (Lipinski definition) is 3. The van der Waals surface area contributed by atoms with Gasteiger partial charge in [-0.2, -0.15) is 0 Å². The topological polar surface area (TPSA) is 49.9 Å². The quantitative estimate of drug-likeness (QED) is 0.847. The number of likely N-dealkylation sites (N-methyl/N-ethyl adjacent to an activating group) is 1. The minimum absolute atomic E-state index is 0.0271. The smallest absolute Gasteiger partial charge is 0.227 e. The molecular weight excluding hydrogens is 299 g/mol. The van der Waals surface area contributed by atoms with Crippen molar-refractivity contribution < 1.29 is 18.7 Å². The third-order valence-corrected chi connectivity index (χ3v) is 4.97. The van der Waals surface area contributed by atoms with Gasteiger partial charge in [-0.3, -0.25) is 9.59 Å². The molecule has 0 radical (unpaired) electrons. The zero-order valence-corrected chi connectivity index (χ0v) is 13.4. The molecule has 0 saturated carbocycles. The number of fused-ring (bicyclic) bond motifs is 1. The molecule has 124 valence electrons. The van der Waals surface area contributed by atoms with Crippen molar-refractivity contribution in [1.82, 2.24) is 9.80 Å². The van der Waals surface area contributed by atoms with Crippen LogP contribution in [0, 0.1) is 11.7 Å². The minimum atomic E-state index is -0.461. The first kappa shape index (κ1) is 15.8. The third kappa shape index (κ3) is 3.02. The summed E-state index contributed by atoms with van der Waals surface area (Å²) in [7, 11) is 3.21. The summed E-state index contributed by atoms with van der Waals surface area (Å²) >= 11 is 0. The third-order valence-electron chi connectivity index (χ3n) is 4.97. The van der Waals surface area contributed by atoms with E-state index < -0.39 is 5.82 Å². The molecule has 0 aliphatic carbocycles. The van der Waals surface area contributed by atoms with Crippen molar-refractivity contribution in [1.29, 1.82) is 0 Å². The highest BCUT2D eigenvalue weighted by Gasteiger charge is 2.41. The van der Waals surface area contributed by atoms with Crippen molar-refractivity contribution in [3.8, 4) is 5.75 Å². The van der Waals surface area contributed by atoms with Crippen molar-refractivity contribution >= 4 is 11.8 Å². The summed E-state index contributed by atoms with van der Waals surface area (Å²) in [5, 5.41) is 0. The molecule has 0 spiro atoms. The summed E-state index contributed by atoms with van der Waals surface area (Å²) in [5.41, 5.74) is 0.631. The van der Waals surface area contributed by atoms with E-state index in [-0.39, 0.29) is 30.0 Å². The van der Waals surface area contributed by atoms with Crippen molar-refractivity contribution in [2.24, 2.45) is 5.92 Å². The number of benzene rings is 1. The van der Waals surface area contributed by atoms with Gasteiger partial charge < -0.3 is 14.5 Å². The highest BCUT2D eigenvalue weighted by atomic mass is 19.1. The fourth-order valence-corrected chi connectivity index (χ4v) is 3.54. The van der Waals surface area contributed by atoms with Gasteiger partial charge in [-0.15, -0.1) is 0 Å². The summed E-state index contributed by atoms with van der Waals surface area (Å²) in [4.78, 5) is 27.8. The molecule has 2 aliphatic heterocycles. The largest absolute Gasteiger partial charge is 0.494 e. The van der Waals surface area contributed by atoms with Crippen LogP contribution in [-0.2, 0) is 16.0 Å². The normalized spacial score (nSPS) is 23.9. The first-order valence-corrected chi connectivity index (χ1v) is 7.85. The van der Waals surface area contributed by atoms with Crippen LogP contribution < -0.4 is 4.74 Å². The first-order chi connectivity index (χ1) is 11.0. The van der Waals surface area contributed by atoms with Gasteiger partial charge in [-0.25, -0.2) is 4.39 Å². The Morgan fingerprint density at radius 1 is 1.43 bits per heavy atom. The van der Waals surface area contributed by atoms with Gasteiger partial charge in [0.2, 0.25) is 11.8 Å². The van der Waals surface area contributed by atoms with Gasteiger partial charge in [0.05, 0.1) is 19.6 Å². The van der Waals surface area contributed by atoms with Gasteiger partial charge >= 0.3 is 0 Å². The molecule has 2 heterocycles. The van der Waals surface area contributed by atoms with E-state index in [0.29, 0.717) is 31.0 Å². The number of hydrogen-bond donors (Lipinski definition) is 0. The summed E-state index contributed by atoms with van der Waals surface area (Å²) in [5.74, 6) is 0.202. The number of methoxy groups -OCH3 is 1. The summed E-state index contributed by atoms with van der Waals surface area (Å²) in [6.07, 6.45) is 1.60. The predicted octanol–water partition coefficient (Wildman–Crippen LogP) is 1.46. The Morgan fingerprint density at radius 2 is 2.22 bits per heavy atom. The van der Waals surface area contributed by atoms with Gasteiger partial charge in [-0.05, 0) is 30.0 Å². The van der Waals surface area contributed by atoms with Crippen LogP contribution >= 0.6 is 0 Å². The monoisotopic (exact) mass is 320 g/mol. The van der Waals surface area contributed by atoms with E-state index in [1.54, 1.807) is 22.9 Å². The van der Waals surface area contributed by atoms with E-state index >= 15 is 0 Å². The number of piperidine rings is 1. The SMILES string of the molecule is COc1ccc(CC(=O)N2CC[C@@H]3CC(=O)N(C)[C@@H]3C2)cc1F. The Balaban J connectivity index is 1.65. The maximum absolute atomic E-state index is 13.7. The lowest BCUT2D eigenvalue weighted by molar-refractivity contribution is -0.134. The molecule has 0 aromatic heterocycles. The molecule has 1 aromatic rings. The second-order valence-electron chi connectivity index (χ2n) is 6.31. The lowest BCUT2D eigenvalue weighted by atomic mass is 9.92. The molecule has 3 rings (SSSR count). The number of nitrogens with zero attached hydrogens (tertiary/aromatic N) is 2. The van der Waals surface area contributed by atoms with Crippen LogP contribution in [0.25, 0.3) is 0 Å². The van der Waals surface area contributed by atoms with Crippen molar-refractivity contribution in [3.63, 3.8) is 0 Å². The molecule has 2 aliphatic rings. The maximum Gasteiger partial charge on any atom is 0.227 e. The standard InChI is InChI=1S/C17H21FN2O3/c1-19-14-10-20(6-5-12(14)9-16(19)21)17(22)8-11-3-4-15(23-2)13(18)7-11/h3-4,7,12,14H,5-6,8-10H2,1-2H3/t12-,14-/m1/s1. The molecular formula is C17H21FN2O3. The van der Waals surface area contributed by atoms with Crippen molar-refractivity contribution in [2.45, 2.75) is 25.3 Å². The van der Waals surface area contributed by atoms with E-state index in [2.05, 4.69) is 0 Å². The number of carbonyl (C=O) groups excluding carboxylic acids is 2. The Morgan fingerprint density at radius 3 is 2.91 bits per heavy atom. The molecule has 23 heavy (non-hydrogen) atoms. The number of rotatable bonds is 3. The van der Waals surface area contributed by atoms with E-state index in [9.17, 15) is 14.0 Å². The molecule has 0 unspecified atom stereocenters. The Hall–Kier alpha value is -2.11. The average molecular weight is 320 g/mol. The van der Waals surface area contributed by atoms with Crippen LogP contribution in [0.3, 0.4) is 0 Å². The summed E-state index contributed by atoms with van der Waals surface area (Å²) < 4.78 is 18.6. The number of likely N-dealkylation sites (tertiary alicyclic amines) is 2. The fourth-order valence-electron chi connectivity index (χ4n) is 3.54. The van der Waals surface area contributed by atoms with Crippen LogP contribution in [0.4, 0.5) is 4.39 Å². The van der Waals surface area contributed by atoms with Gasteiger partial charge in [0, 0.05) is 26.6 Å². The zero-order chi connectivity index (χ0) is 16.6. The lowest BCUT2D eigenvalue weighted by Crippen LogP contribution is -2.49. The van der Waals surface area contributed by atoms with Crippen molar-refractivity contribution in [2.75, 3.05) is 27.2 Å². The predicted molar refractivity (Wildman–Crippen MR) is 82.5 cm³/mol. The first-order valence-electron chi connectivity index (χ1n) is 7.85. The molecule has 6 heteroatoms. The Labute approximate surface area is 135 Å². The zero-order valence-electron chi connectivity index (χ0n) is 13.4. The number of amides is 2. The lowest BCUT2D eigenvalue weighted by Gasteiger charge is -2.37. The number of halogens is 1. The van der Waals surface area contributed by atoms with Gasteiger partial charge in [-0.1, -0.05) is 6.07 Å². The molecule has 0 N–H and O–H groups in total. The second-order valence-corrected chi connectivity index (χ2v) is 6.31. The van der Waals surface area contributed by atoms with Crippen molar-refractivity contribution in [3.05, 3.63) is 29.6 Å².